The van der Waals surface area contributed by atoms with Crippen molar-refractivity contribution in [3.05, 3.63) is 42.1 Å². The third-order valence-corrected chi connectivity index (χ3v) is 6.87. The highest BCUT2D eigenvalue weighted by atomic mass is 32.2. The number of aromatic nitrogens is 1. The van der Waals surface area contributed by atoms with Gasteiger partial charge in [0.2, 0.25) is 0 Å². The van der Waals surface area contributed by atoms with Crippen LogP contribution in [-0.4, -0.2) is 42.0 Å². The molecule has 6 nitrogen and oxygen atoms in total. The van der Waals surface area contributed by atoms with Gasteiger partial charge in [0.1, 0.15) is 0 Å². The van der Waals surface area contributed by atoms with E-state index in [4.69, 9.17) is 0 Å². The van der Waals surface area contributed by atoms with E-state index in [1.165, 1.54) is 4.31 Å². The molecule has 0 spiro atoms. The van der Waals surface area contributed by atoms with Crippen LogP contribution < -0.4 is 4.72 Å². The number of pyridine rings is 1. The number of aliphatic hydroxyl groups is 1. The summed E-state index contributed by atoms with van der Waals surface area (Å²) in [6, 6.07) is 9.45. The number of hydrogen-bond donors (Lipinski definition) is 2. The Labute approximate surface area is 148 Å². The molecule has 4 rings (SSSR count). The van der Waals surface area contributed by atoms with Crippen molar-refractivity contribution >= 4 is 21.1 Å². The maximum absolute atomic E-state index is 12.7. The quantitative estimate of drug-likeness (QED) is 0.853. The van der Waals surface area contributed by atoms with E-state index in [0.29, 0.717) is 25.9 Å². The van der Waals surface area contributed by atoms with Crippen LogP contribution in [0.4, 0.5) is 0 Å². The lowest BCUT2D eigenvalue weighted by molar-refractivity contribution is 0.0277. The van der Waals surface area contributed by atoms with E-state index in [0.717, 1.165) is 29.3 Å². The molecule has 0 amide bonds. The molecule has 134 valence electrons. The van der Waals surface area contributed by atoms with E-state index in [2.05, 4.69) is 9.71 Å². The Bertz CT molecular complexity index is 859. The van der Waals surface area contributed by atoms with Gasteiger partial charge in [-0.15, -0.1) is 0 Å². The molecule has 1 aliphatic carbocycles. The van der Waals surface area contributed by atoms with Gasteiger partial charge < -0.3 is 5.11 Å². The summed E-state index contributed by atoms with van der Waals surface area (Å²) < 4.78 is 29.9. The van der Waals surface area contributed by atoms with Crippen LogP contribution in [-0.2, 0) is 10.2 Å². The molecule has 1 atom stereocenters. The van der Waals surface area contributed by atoms with Crippen molar-refractivity contribution in [2.75, 3.05) is 13.1 Å². The number of aliphatic hydroxyl groups excluding tert-OH is 1. The highest BCUT2D eigenvalue weighted by Crippen LogP contribution is 2.39. The molecule has 1 aliphatic heterocycles. The van der Waals surface area contributed by atoms with Crippen molar-refractivity contribution in [3.8, 4) is 0 Å². The van der Waals surface area contributed by atoms with Crippen LogP contribution in [0.25, 0.3) is 10.9 Å². The minimum Gasteiger partial charge on any atom is -0.393 e. The Morgan fingerprint density at radius 3 is 2.64 bits per heavy atom. The van der Waals surface area contributed by atoms with Crippen LogP contribution in [0, 0.1) is 5.92 Å². The van der Waals surface area contributed by atoms with Crippen LogP contribution in [0.2, 0.25) is 0 Å². The summed E-state index contributed by atoms with van der Waals surface area (Å²) in [6.45, 7) is 1.15. The van der Waals surface area contributed by atoms with E-state index < -0.39 is 10.2 Å². The Hall–Kier alpha value is -1.54. The molecule has 2 N–H and O–H groups in total. The molecule has 2 fully saturated rings. The van der Waals surface area contributed by atoms with Crippen molar-refractivity contribution in [2.45, 2.75) is 37.8 Å². The third kappa shape index (κ3) is 3.42. The fraction of sp³-hybridized carbons (Fsp3) is 0.500. The minimum absolute atomic E-state index is 0.0929. The Morgan fingerprint density at radius 2 is 1.92 bits per heavy atom. The second-order valence-electron chi connectivity index (χ2n) is 7.05. The van der Waals surface area contributed by atoms with Crippen molar-refractivity contribution in [1.82, 2.24) is 14.0 Å². The van der Waals surface area contributed by atoms with Crippen LogP contribution >= 0.6 is 0 Å². The third-order valence-electron chi connectivity index (χ3n) is 5.27. The largest absolute Gasteiger partial charge is 0.393 e. The number of nitrogens with zero attached hydrogens (tertiary/aromatic N) is 2. The number of nitrogens with one attached hydrogen (secondary N) is 1. The van der Waals surface area contributed by atoms with Crippen molar-refractivity contribution in [3.63, 3.8) is 0 Å². The average molecular weight is 361 g/mol. The Kier molecular flexibility index (Phi) is 4.49. The van der Waals surface area contributed by atoms with E-state index >= 15 is 0 Å². The van der Waals surface area contributed by atoms with E-state index in [1.807, 2.05) is 30.3 Å². The molecule has 1 saturated carbocycles. The maximum atomic E-state index is 12.7. The summed E-state index contributed by atoms with van der Waals surface area (Å²) in [5.41, 5.74) is 1.75. The predicted octanol–water partition coefficient (Wildman–Crippen LogP) is 1.98. The second-order valence-corrected chi connectivity index (χ2v) is 8.76. The number of benzene rings is 1. The van der Waals surface area contributed by atoms with Crippen LogP contribution in [0.3, 0.4) is 0 Å². The Morgan fingerprint density at radius 1 is 1.20 bits per heavy atom. The van der Waals surface area contributed by atoms with Gasteiger partial charge >= 0.3 is 0 Å². The van der Waals surface area contributed by atoms with E-state index in [9.17, 15) is 13.5 Å². The molecule has 1 aromatic heterocycles. The average Bonchev–Trinajstić information content (AvgIpc) is 3.12. The topological polar surface area (TPSA) is 82.5 Å². The number of rotatable bonds is 5. The summed E-state index contributed by atoms with van der Waals surface area (Å²) in [7, 11) is -3.53. The summed E-state index contributed by atoms with van der Waals surface area (Å²) in [6.07, 6.45) is 4.46. The monoisotopic (exact) mass is 361 g/mol. The smallest absolute Gasteiger partial charge is 0.280 e. The molecular formula is C18H23N3O3S. The van der Waals surface area contributed by atoms with E-state index in [-0.39, 0.29) is 18.1 Å². The fourth-order valence-corrected chi connectivity index (χ4v) is 5.30. The lowest BCUT2D eigenvalue weighted by atomic mass is 9.75. The summed E-state index contributed by atoms with van der Waals surface area (Å²) in [4.78, 5) is 4.48. The highest BCUT2D eigenvalue weighted by molar-refractivity contribution is 7.87. The molecular weight excluding hydrogens is 338 g/mol. The molecule has 2 aromatic rings. The first-order chi connectivity index (χ1) is 12.0. The highest BCUT2D eigenvalue weighted by Gasteiger charge is 2.38. The van der Waals surface area contributed by atoms with Gasteiger partial charge in [0.15, 0.2) is 0 Å². The molecule has 2 heterocycles. The van der Waals surface area contributed by atoms with Crippen LogP contribution in [0.5, 0.6) is 0 Å². The zero-order valence-electron chi connectivity index (χ0n) is 14.0. The normalized spacial score (nSPS) is 25.8. The lowest BCUT2D eigenvalue weighted by Gasteiger charge is -2.38. The molecule has 2 aliphatic rings. The lowest BCUT2D eigenvalue weighted by Crippen LogP contribution is -2.46. The van der Waals surface area contributed by atoms with E-state index in [1.54, 1.807) is 6.20 Å². The van der Waals surface area contributed by atoms with Gasteiger partial charge in [-0.25, -0.2) is 0 Å². The summed E-state index contributed by atoms with van der Waals surface area (Å²) >= 11 is 0. The molecule has 1 saturated heterocycles. The van der Waals surface area contributed by atoms with Crippen molar-refractivity contribution in [2.24, 2.45) is 5.92 Å². The zero-order chi connectivity index (χ0) is 17.4. The fourth-order valence-electron chi connectivity index (χ4n) is 3.76. The van der Waals surface area contributed by atoms with Crippen molar-refractivity contribution < 1.29 is 13.5 Å². The number of fused-ring (bicyclic) bond motifs is 1. The van der Waals surface area contributed by atoms with Crippen LogP contribution in [0.15, 0.2) is 36.5 Å². The van der Waals surface area contributed by atoms with Gasteiger partial charge in [-0.1, -0.05) is 18.2 Å². The first kappa shape index (κ1) is 16.9. The molecule has 0 unspecified atom stereocenters. The van der Waals surface area contributed by atoms with Crippen molar-refractivity contribution in [1.29, 1.82) is 0 Å². The molecule has 0 bridgehead atoms. The first-order valence-corrected chi connectivity index (χ1v) is 10.3. The maximum Gasteiger partial charge on any atom is 0.280 e. The van der Waals surface area contributed by atoms with Crippen LogP contribution in [0.1, 0.15) is 37.3 Å². The number of hydrogen-bond acceptors (Lipinski definition) is 4. The van der Waals surface area contributed by atoms with Gasteiger partial charge in [0, 0.05) is 24.7 Å². The van der Waals surface area contributed by atoms with Gasteiger partial charge in [0.05, 0.1) is 17.7 Å². The zero-order valence-corrected chi connectivity index (χ0v) is 14.8. The standard InChI is InChI=1S/C18H23N3O3S/c22-16-10-14(11-16)18(20-25(23,24)21-7-3-4-8-21)15-9-13-5-1-2-6-17(13)19-12-15/h1-2,5-6,9,12,14,16,18,20,22H,3-4,7-8,10-11H2/t14?,16?,18-/m0/s1. The molecule has 1 aromatic carbocycles. The summed E-state index contributed by atoms with van der Waals surface area (Å²) in [5.74, 6) is 0.0929. The summed E-state index contributed by atoms with van der Waals surface area (Å²) in [5, 5.41) is 10.7. The van der Waals surface area contributed by atoms with Gasteiger partial charge in [-0.2, -0.15) is 17.4 Å². The minimum atomic E-state index is -3.53. The second kappa shape index (κ2) is 6.64. The molecule has 0 radical (unpaired) electrons. The van der Waals surface area contributed by atoms with Gasteiger partial charge in [0.25, 0.3) is 10.2 Å². The SMILES string of the molecule is O=S(=O)(N[C@H](c1cnc2ccccc2c1)C1CC(O)C1)N1CCCC1. The molecule has 7 heteroatoms. The predicted molar refractivity (Wildman–Crippen MR) is 96.1 cm³/mol. The van der Waals surface area contributed by atoms with Gasteiger partial charge in [-0.3, -0.25) is 4.98 Å². The molecule has 25 heavy (non-hydrogen) atoms. The van der Waals surface area contributed by atoms with Gasteiger partial charge in [-0.05, 0) is 49.3 Å². The Balaban J connectivity index is 1.65. The number of para-hydroxylation sites is 1. The first-order valence-electron chi connectivity index (χ1n) is 8.83.